The first kappa shape index (κ1) is 10.5. The first-order valence-electron chi connectivity index (χ1n) is 5.46. The van der Waals surface area contributed by atoms with Crippen molar-refractivity contribution in [2.24, 2.45) is 0 Å². The average molecular weight is 287 g/mol. The van der Waals surface area contributed by atoms with E-state index in [0.29, 0.717) is 0 Å². The summed E-state index contributed by atoms with van der Waals surface area (Å²) >= 11 is 3.57. The number of halogens is 1. The van der Waals surface area contributed by atoms with Crippen molar-refractivity contribution in [2.75, 3.05) is 0 Å². The van der Waals surface area contributed by atoms with Crippen LogP contribution >= 0.6 is 15.9 Å². The van der Waals surface area contributed by atoms with Gasteiger partial charge in [0.05, 0.1) is 11.2 Å². The second-order valence-electron chi connectivity index (χ2n) is 3.96. The third-order valence-corrected chi connectivity index (χ3v) is 3.54. The van der Waals surface area contributed by atoms with Gasteiger partial charge in [0.1, 0.15) is 5.82 Å². The minimum atomic E-state index is 0.977. The van der Waals surface area contributed by atoms with Crippen LogP contribution < -0.4 is 0 Å². The largest absolute Gasteiger partial charge is 0.299 e. The molecule has 0 aliphatic rings. The molecule has 3 heteroatoms. The van der Waals surface area contributed by atoms with Gasteiger partial charge in [-0.1, -0.05) is 40.2 Å². The smallest absolute Gasteiger partial charge is 0.145 e. The number of hydrogen-bond acceptors (Lipinski definition) is 1. The SMILES string of the molecule is Cc1nc(-c2ccccc2Br)n2ccccc12. The van der Waals surface area contributed by atoms with Gasteiger partial charge in [-0.3, -0.25) is 4.40 Å². The lowest BCUT2D eigenvalue weighted by atomic mass is 10.2. The molecule has 0 amide bonds. The summed E-state index contributed by atoms with van der Waals surface area (Å²) in [5, 5.41) is 0. The number of aryl methyl sites for hydroxylation is 1. The molecule has 0 N–H and O–H groups in total. The summed E-state index contributed by atoms with van der Waals surface area (Å²) in [6.45, 7) is 2.04. The molecule has 0 saturated carbocycles. The zero-order chi connectivity index (χ0) is 11.8. The lowest BCUT2D eigenvalue weighted by molar-refractivity contribution is 1.16. The Hall–Kier alpha value is -1.61. The Morgan fingerprint density at radius 3 is 2.65 bits per heavy atom. The number of imidazole rings is 1. The Balaban J connectivity index is 2.35. The Bertz CT molecular complexity index is 686. The molecule has 84 valence electrons. The fourth-order valence-corrected chi connectivity index (χ4v) is 2.49. The Kier molecular flexibility index (Phi) is 2.48. The van der Waals surface area contributed by atoms with Crippen LogP contribution in [0.5, 0.6) is 0 Å². The molecule has 17 heavy (non-hydrogen) atoms. The highest BCUT2D eigenvalue weighted by molar-refractivity contribution is 9.10. The van der Waals surface area contributed by atoms with E-state index >= 15 is 0 Å². The maximum absolute atomic E-state index is 4.65. The molecule has 0 fully saturated rings. The van der Waals surface area contributed by atoms with Crippen LogP contribution in [0.1, 0.15) is 5.69 Å². The molecule has 0 unspecified atom stereocenters. The second kappa shape index (κ2) is 4.00. The van der Waals surface area contributed by atoms with E-state index < -0.39 is 0 Å². The Morgan fingerprint density at radius 1 is 1.06 bits per heavy atom. The highest BCUT2D eigenvalue weighted by atomic mass is 79.9. The summed E-state index contributed by atoms with van der Waals surface area (Å²) in [6, 6.07) is 14.3. The molecular weight excluding hydrogens is 276 g/mol. The van der Waals surface area contributed by atoms with Crippen LogP contribution in [0.25, 0.3) is 16.9 Å². The quantitative estimate of drug-likeness (QED) is 0.659. The van der Waals surface area contributed by atoms with Crippen molar-refractivity contribution in [2.45, 2.75) is 6.92 Å². The first-order chi connectivity index (χ1) is 8.27. The molecule has 3 rings (SSSR count). The molecule has 0 saturated heterocycles. The number of pyridine rings is 1. The number of fused-ring (bicyclic) bond motifs is 1. The molecule has 0 aliphatic heterocycles. The molecule has 0 aliphatic carbocycles. The predicted molar refractivity (Wildman–Crippen MR) is 73.1 cm³/mol. The molecule has 1 aromatic carbocycles. The number of benzene rings is 1. The number of hydrogen-bond donors (Lipinski definition) is 0. The van der Waals surface area contributed by atoms with E-state index in [-0.39, 0.29) is 0 Å². The Morgan fingerprint density at radius 2 is 1.82 bits per heavy atom. The van der Waals surface area contributed by atoms with Crippen molar-refractivity contribution < 1.29 is 0 Å². The van der Waals surface area contributed by atoms with Crippen molar-refractivity contribution in [1.82, 2.24) is 9.38 Å². The van der Waals surface area contributed by atoms with Crippen molar-refractivity contribution in [3.63, 3.8) is 0 Å². The lowest BCUT2D eigenvalue weighted by Crippen LogP contribution is -1.89. The monoisotopic (exact) mass is 286 g/mol. The summed E-state index contributed by atoms with van der Waals surface area (Å²) in [5.74, 6) is 0.977. The van der Waals surface area contributed by atoms with Crippen LogP contribution in [0.4, 0.5) is 0 Å². The van der Waals surface area contributed by atoms with E-state index in [1.165, 1.54) is 0 Å². The fraction of sp³-hybridized carbons (Fsp3) is 0.0714. The number of nitrogens with zero attached hydrogens (tertiary/aromatic N) is 2. The van der Waals surface area contributed by atoms with Crippen LogP contribution in [0.15, 0.2) is 53.1 Å². The topological polar surface area (TPSA) is 17.3 Å². The molecule has 0 spiro atoms. The van der Waals surface area contributed by atoms with Gasteiger partial charge in [0.25, 0.3) is 0 Å². The lowest BCUT2D eigenvalue weighted by Gasteiger charge is -2.03. The number of rotatable bonds is 1. The van der Waals surface area contributed by atoms with E-state index in [1.807, 2.05) is 43.5 Å². The van der Waals surface area contributed by atoms with E-state index in [1.54, 1.807) is 0 Å². The standard InChI is InChI=1S/C14H11BrN2/c1-10-13-8-4-5-9-17(13)14(16-10)11-6-2-3-7-12(11)15/h2-9H,1H3. The zero-order valence-electron chi connectivity index (χ0n) is 9.39. The fourth-order valence-electron chi connectivity index (χ4n) is 2.03. The van der Waals surface area contributed by atoms with Crippen LogP contribution in [-0.4, -0.2) is 9.38 Å². The van der Waals surface area contributed by atoms with Gasteiger partial charge in [0, 0.05) is 16.2 Å². The molecule has 2 heterocycles. The van der Waals surface area contributed by atoms with Gasteiger partial charge in [-0.2, -0.15) is 0 Å². The molecule has 2 aromatic heterocycles. The van der Waals surface area contributed by atoms with E-state index in [4.69, 9.17) is 0 Å². The minimum absolute atomic E-state index is 0.977. The maximum atomic E-state index is 4.65. The highest BCUT2D eigenvalue weighted by Crippen LogP contribution is 2.28. The summed E-state index contributed by atoms with van der Waals surface area (Å²) < 4.78 is 3.19. The molecule has 3 aromatic rings. The van der Waals surface area contributed by atoms with Crippen molar-refractivity contribution in [3.05, 3.63) is 58.8 Å². The van der Waals surface area contributed by atoms with E-state index in [9.17, 15) is 0 Å². The maximum Gasteiger partial charge on any atom is 0.145 e. The van der Waals surface area contributed by atoms with E-state index in [0.717, 1.165) is 27.1 Å². The van der Waals surface area contributed by atoms with Crippen LogP contribution in [0.3, 0.4) is 0 Å². The van der Waals surface area contributed by atoms with Gasteiger partial charge >= 0.3 is 0 Å². The average Bonchev–Trinajstić information content (AvgIpc) is 2.68. The summed E-state index contributed by atoms with van der Waals surface area (Å²) in [4.78, 5) is 4.65. The third-order valence-electron chi connectivity index (χ3n) is 2.85. The third kappa shape index (κ3) is 1.67. The van der Waals surface area contributed by atoms with Crippen LogP contribution in [0.2, 0.25) is 0 Å². The summed E-state index contributed by atoms with van der Waals surface area (Å²) in [5.41, 5.74) is 3.32. The van der Waals surface area contributed by atoms with Crippen LogP contribution in [0, 0.1) is 6.92 Å². The molecule has 0 bridgehead atoms. The van der Waals surface area contributed by atoms with Gasteiger partial charge in [-0.15, -0.1) is 0 Å². The van der Waals surface area contributed by atoms with Gasteiger partial charge in [0.2, 0.25) is 0 Å². The molecule has 0 radical (unpaired) electrons. The summed E-state index contributed by atoms with van der Waals surface area (Å²) in [6.07, 6.45) is 2.05. The van der Waals surface area contributed by atoms with Gasteiger partial charge in [0.15, 0.2) is 0 Å². The van der Waals surface area contributed by atoms with Crippen molar-refractivity contribution in [3.8, 4) is 11.4 Å². The molecular formula is C14H11BrN2. The van der Waals surface area contributed by atoms with Crippen molar-refractivity contribution >= 4 is 21.4 Å². The summed E-state index contributed by atoms with van der Waals surface area (Å²) in [7, 11) is 0. The second-order valence-corrected chi connectivity index (χ2v) is 4.81. The normalized spacial score (nSPS) is 10.9. The van der Waals surface area contributed by atoms with Gasteiger partial charge in [-0.25, -0.2) is 4.98 Å². The highest BCUT2D eigenvalue weighted by Gasteiger charge is 2.11. The Labute approximate surface area is 108 Å². The molecule has 2 nitrogen and oxygen atoms in total. The number of aromatic nitrogens is 2. The zero-order valence-corrected chi connectivity index (χ0v) is 11.0. The molecule has 0 atom stereocenters. The van der Waals surface area contributed by atoms with Crippen molar-refractivity contribution in [1.29, 1.82) is 0 Å². The van der Waals surface area contributed by atoms with Gasteiger partial charge < -0.3 is 0 Å². The minimum Gasteiger partial charge on any atom is -0.299 e. The van der Waals surface area contributed by atoms with Gasteiger partial charge in [-0.05, 0) is 25.1 Å². The van der Waals surface area contributed by atoms with Crippen LogP contribution in [-0.2, 0) is 0 Å². The predicted octanol–water partition coefficient (Wildman–Crippen LogP) is 4.07. The van der Waals surface area contributed by atoms with E-state index in [2.05, 4.69) is 37.4 Å². The first-order valence-corrected chi connectivity index (χ1v) is 6.25.